The lowest BCUT2D eigenvalue weighted by Gasteiger charge is -2.05. The van der Waals surface area contributed by atoms with E-state index in [-0.39, 0.29) is 19.0 Å². The minimum absolute atomic E-state index is 0.169. The summed E-state index contributed by atoms with van der Waals surface area (Å²) in [5, 5.41) is 3.75. The van der Waals surface area contributed by atoms with Gasteiger partial charge in [-0.25, -0.2) is 13.1 Å². The fourth-order valence-corrected chi connectivity index (χ4v) is 2.98. The largest absolute Gasteiger partial charge is 0.350 e. The van der Waals surface area contributed by atoms with Crippen LogP contribution < -0.4 is 10.0 Å². The fourth-order valence-electron chi connectivity index (χ4n) is 2.51. The van der Waals surface area contributed by atoms with Crippen LogP contribution in [0.25, 0.3) is 10.9 Å². The number of benzene rings is 1. The van der Waals surface area contributed by atoms with E-state index < -0.39 is 10.0 Å². The third-order valence-corrected chi connectivity index (χ3v) is 4.24. The molecule has 0 saturated heterocycles. The number of aromatic amines is 1. The fraction of sp³-hybridized carbons (Fsp3) is 0.400. The van der Waals surface area contributed by atoms with E-state index >= 15 is 0 Å². The van der Waals surface area contributed by atoms with Gasteiger partial charge in [-0.05, 0) is 38.0 Å². The second-order valence-corrected chi connectivity index (χ2v) is 7.38. The smallest absolute Gasteiger partial charge is 0.268 e. The third-order valence-electron chi connectivity index (χ3n) is 3.51. The molecule has 7 heteroatoms. The van der Waals surface area contributed by atoms with Crippen molar-refractivity contribution in [2.24, 2.45) is 0 Å². The maximum Gasteiger partial charge on any atom is 0.268 e. The molecule has 2 rings (SSSR count). The Morgan fingerprint density at radius 2 is 1.86 bits per heavy atom. The molecule has 0 spiro atoms. The van der Waals surface area contributed by atoms with Crippen LogP contribution in [0.1, 0.15) is 27.2 Å². The summed E-state index contributed by atoms with van der Waals surface area (Å²) in [6.07, 6.45) is 1.09. The second-order valence-electron chi connectivity index (χ2n) is 5.55. The Hall–Kier alpha value is -1.86. The minimum atomic E-state index is -3.23. The van der Waals surface area contributed by atoms with Crippen LogP contribution in [-0.4, -0.2) is 38.7 Å². The molecule has 6 nitrogen and oxygen atoms in total. The van der Waals surface area contributed by atoms with E-state index in [2.05, 4.69) is 27.2 Å². The summed E-state index contributed by atoms with van der Waals surface area (Å²) in [5.74, 6) is -0.235. The number of H-pyrrole nitrogens is 1. The predicted octanol–water partition coefficient (Wildman–Crippen LogP) is 1.37. The van der Waals surface area contributed by atoms with Gasteiger partial charge in [-0.3, -0.25) is 4.79 Å². The highest BCUT2D eigenvalue weighted by molar-refractivity contribution is 7.88. The summed E-state index contributed by atoms with van der Waals surface area (Å²) >= 11 is 0. The number of carbonyl (C=O) groups is 1. The lowest BCUT2D eigenvalue weighted by molar-refractivity contribution is 0.0949. The molecule has 0 unspecified atom stereocenters. The molecular formula is C15H21N3O3S. The summed E-state index contributed by atoms with van der Waals surface area (Å²) in [7, 11) is -3.23. The number of aryl methyl sites for hydroxylation is 3. The Bertz CT molecular complexity index is 822. The van der Waals surface area contributed by atoms with Crippen LogP contribution in [0.4, 0.5) is 0 Å². The number of hydrogen-bond acceptors (Lipinski definition) is 3. The SMILES string of the molecule is Cc1cc(C)c2[nH]c(C(=O)NCCNS(C)(=O)=O)c(C)c2c1. The molecule has 0 aliphatic carbocycles. The van der Waals surface area contributed by atoms with Gasteiger partial charge in [-0.2, -0.15) is 0 Å². The van der Waals surface area contributed by atoms with Crippen molar-refractivity contribution in [3.05, 3.63) is 34.5 Å². The van der Waals surface area contributed by atoms with Crippen LogP contribution in [-0.2, 0) is 10.0 Å². The zero-order valence-electron chi connectivity index (χ0n) is 13.2. The monoisotopic (exact) mass is 323 g/mol. The molecule has 22 heavy (non-hydrogen) atoms. The van der Waals surface area contributed by atoms with E-state index in [1.54, 1.807) is 0 Å². The first-order valence-corrected chi connectivity index (χ1v) is 8.90. The summed E-state index contributed by atoms with van der Waals surface area (Å²) < 4.78 is 24.2. The number of rotatable bonds is 5. The maximum atomic E-state index is 12.2. The van der Waals surface area contributed by atoms with E-state index in [0.29, 0.717) is 5.69 Å². The van der Waals surface area contributed by atoms with Gasteiger partial charge in [0.05, 0.1) is 6.26 Å². The Balaban J connectivity index is 2.15. The quantitative estimate of drug-likeness (QED) is 0.726. The van der Waals surface area contributed by atoms with Crippen LogP contribution in [0.3, 0.4) is 0 Å². The van der Waals surface area contributed by atoms with Gasteiger partial charge in [0, 0.05) is 24.0 Å². The average Bonchev–Trinajstić information content (AvgIpc) is 2.72. The Morgan fingerprint density at radius 3 is 2.50 bits per heavy atom. The van der Waals surface area contributed by atoms with Crippen LogP contribution in [0.5, 0.6) is 0 Å². The molecule has 120 valence electrons. The van der Waals surface area contributed by atoms with Gasteiger partial charge in [0.15, 0.2) is 0 Å². The molecule has 1 aromatic carbocycles. The molecule has 0 atom stereocenters. The first-order chi connectivity index (χ1) is 10.2. The molecule has 2 aromatic rings. The minimum Gasteiger partial charge on any atom is -0.350 e. The van der Waals surface area contributed by atoms with Gasteiger partial charge < -0.3 is 10.3 Å². The summed E-state index contributed by atoms with van der Waals surface area (Å²) in [6.45, 7) is 6.33. The van der Waals surface area contributed by atoms with E-state index in [1.165, 1.54) is 0 Å². The zero-order valence-corrected chi connectivity index (χ0v) is 14.0. The van der Waals surface area contributed by atoms with Gasteiger partial charge >= 0.3 is 0 Å². The van der Waals surface area contributed by atoms with Crippen molar-refractivity contribution in [2.75, 3.05) is 19.3 Å². The first-order valence-electron chi connectivity index (χ1n) is 7.01. The van der Waals surface area contributed by atoms with Gasteiger partial charge in [0.1, 0.15) is 5.69 Å². The third kappa shape index (κ3) is 3.66. The van der Waals surface area contributed by atoms with E-state index in [0.717, 1.165) is 33.8 Å². The van der Waals surface area contributed by atoms with E-state index in [9.17, 15) is 13.2 Å². The zero-order chi connectivity index (χ0) is 16.5. The lowest BCUT2D eigenvalue weighted by Crippen LogP contribution is -2.34. The molecule has 0 radical (unpaired) electrons. The van der Waals surface area contributed by atoms with E-state index in [4.69, 9.17) is 0 Å². The number of nitrogens with one attached hydrogen (secondary N) is 3. The molecule has 1 amide bonds. The van der Waals surface area contributed by atoms with Gasteiger partial charge in [0.2, 0.25) is 10.0 Å². The Labute approximate surface area is 130 Å². The van der Waals surface area contributed by atoms with Crippen molar-refractivity contribution < 1.29 is 13.2 Å². The molecule has 3 N–H and O–H groups in total. The van der Waals surface area contributed by atoms with Gasteiger partial charge in [-0.1, -0.05) is 11.6 Å². The van der Waals surface area contributed by atoms with Gasteiger partial charge in [0.25, 0.3) is 5.91 Å². The van der Waals surface area contributed by atoms with Crippen molar-refractivity contribution >= 4 is 26.8 Å². The Kier molecular flexibility index (Phi) is 4.58. The molecule has 0 aliphatic heterocycles. The molecule has 0 bridgehead atoms. The van der Waals surface area contributed by atoms with Crippen molar-refractivity contribution in [2.45, 2.75) is 20.8 Å². The summed E-state index contributed by atoms with van der Waals surface area (Å²) in [5.41, 5.74) is 4.62. The average molecular weight is 323 g/mol. The number of amides is 1. The number of carbonyl (C=O) groups excluding carboxylic acids is 1. The number of hydrogen-bond donors (Lipinski definition) is 3. The van der Waals surface area contributed by atoms with Crippen LogP contribution >= 0.6 is 0 Å². The number of aromatic nitrogens is 1. The van der Waals surface area contributed by atoms with Crippen LogP contribution in [0, 0.1) is 20.8 Å². The molecular weight excluding hydrogens is 302 g/mol. The van der Waals surface area contributed by atoms with E-state index in [1.807, 2.05) is 20.8 Å². The maximum absolute atomic E-state index is 12.2. The molecule has 0 aliphatic rings. The second kappa shape index (κ2) is 6.10. The molecule has 1 heterocycles. The van der Waals surface area contributed by atoms with Crippen molar-refractivity contribution in [3.8, 4) is 0 Å². The standard InChI is InChI=1S/C15H21N3O3S/c1-9-7-10(2)13-12(8-9)11(3)14(18-13)15(19)16-5-6-17-22(4,20)21/h7-8,17-18H,5-6H2,1-4H3,(H,16,19). The Morgan fingerprint density at radius 1 is 1.18 bits per heavy atom. The predicted molar refractivity (Wildman–Crippen MR) is 87.7 cm³/mol. The summed E-state index contributed by atoms with van der Waals surface area (Å²) in [6, 6.07) is 4.12. The summed E-state index contributed by atoms with van der Waals surface area (Å²) in [4.78, 5) is 15.4. The van der Waals surface area contributed by atoms with Crippen LogP contribution in [0.2, 0.25) is 0 Å². The lowest BCUT2D eigenvalue weighted by atomic mass is 10.1. The number of sulfonamides is 1. The molecule has 0 saturated carbocycles. The van der Waals surface area contributed by atoms with Crippen molar-refractivity contribution in [3.63, 3.8) is 0 Å². The van der Waals surface area contributed by atoms with Crippen molar-refractivity contribution in [1.29, 1.82) is 0 Å². The van der Waals surface area contributed by atoms with Gasteiger partial charge in [-0.15, -0.1) is 0 Å². The van der Waals surface area contributed by atoms with Crippen molar-refractivity contribution in [1.82, 2.24) is 15.0 Å². The highest BCUT2D eigenvalue weighted by atomic mass is 32.2. The van der Waals surface area contributed by atoms with Crippen LogP contribution in [0.15, 0.2) is 12.1 Å². The molecule has 0 fully saturated rings. The number of fused-ring (bicyclic) bond motifs is 1. The normalized spacial score (nSPS) is 11.8. The molecule has 1 aromatic heterocycles. The first kappa shape index (κ1) is 16.5. The topological polar surface area (TPSA) is 91.1 Å². The highest BCUT2D eigenvalue weighted by Gasteiger charge is 2.15. The highest BCUT2D eigenvalue weighted by Crippen LogP contribution is 2.25.